The third-order valence-electron chi connectivity index (χ3n) is 6.61. The number of anilines is 1. The first-order chi connectivity index (χ1) is 16.9. The van der Waals surface area contributed by atoms with Gasteiger partial charge in [0, 0.05) is 36.1 Å². The van der Waals surface area contributed by atoms with E-state index in [1.165, 1.54) is 12.1 Å². The molecule has 8 nitrogen and oxygen atoms in total. The number of aryl methyl sites for hydroxylation is 1. The molecule has 2 fully saturated rings. The van der Waals surface area contributed by atoms with Crippen LogP contribution in [0.1, 0.15) is 41.6 Å². The zero-order valence-corrected chi connectivity index (χ0v) is 19.9. The Morgan fingerprint density at radius 1 is 1.09 bits per heavy atom. The number of hydrogen-bond acceptors (Lipinski definition) is 5. The molecule has 5 rings (SSSR count). The molecule has 3 heterocycles. The first kappa shape index (κ1) is 23.2. The molecule has 2 aliphatic rings. The van der Waals surface area contributed by atoms with Crippen molar-refractivity contribution in [2.45, 2.75) is 38.6 Å². The molecule has 0 bridgehead atoms. The van der Waals surface area contributed by atoms with Crippen LogP contribution < -0.4 is 10.6 Å². The van der Waals surface area contributed by atoms with Crippen molar-refractivity contribution < 1.29 is 14.0 Å². The van der Waals surface area contributed by atoms with Gasteiger partial charge in [0.05, 0.1) is 35.2 Å². The highest BCUT2D eigenvalue weighted by atomic mass is 19.1. The molecule has 2 amide bonds. The first-order valence-corrected chi connectivity index (χ1v) is 12.0. The van der Waals surface area contributed by atoms with Crippen molar-refractivity contribution in [3.05, 3.63) is 59.9 Å². The van der Waals surface area contributed by atoms with E-state index in [2.05, 4.69) is 25.6 Å². The van der Waals surface area contributed by atoms with Gasteiger partial charge in [-0.3, -0.25) is 14.6 Å². The predicted molar refractivity (Wildman–Crippen MR) is 131 cm³/mol. The number of hydrogen-bond donors (Lipinski definition) is 2. The van der Waals surface area contributed by atoms with Crippen molar-refractivity contribution in [2.75, 3.05) is 25.5 Å². The van der Waals surface area contributed by atoms with Gasteiger partial charge in [0.1, 0.15) is 5.82 Å². The van der Waals surface area contributed by atoms with Crippen LogP contribution in [0.3, 0.4) is 0 Å². The lowest BCUT2D eigenvalue weighted by atomic mass is 9.97. The van der Waals surface area contributed by atoms with E-state index in [4.69, 9.17) is 0 Å². The van der Waals surface area contributed by atoms with Crippen molar-refractivity contribution >= 4 is 17.5 Å². The number of pyridine rings is 1. The fourth-order valence-corrected chi connectivity index (χ4v) is 4.47. The van der Waals surface area contributed by atoms with Crippen LogP contribution >= 0.6 is 0 Å². The number of amides is 2. The Hall–Kier alpha value is -3.59. The second kappa shape index (κ2) is 9.58. The van der Waals surface area contributed by atoms with Gasteiger partial charge in [0.2, 0.25) is 5.91 Å². The molecule has 2 aromatic heterocycles. The molecular weight excluding hydrogens is 447 g/mol. The summed E-state index contributed by atoms with van der Waals surface area (Å²) in [4.78, 5) is 31.7. The van der Waals surface area contributed by atoms with E-state index in [-0.39, 0.29) is 23.4 Å². The van der Waals surface area contributed by atoms with E-state index in [0.717, 1.165) is 49.9 Å². The van der Waals surface area contributed by atoms with Crippen molar-refractivity contribution in [2.24, 2.45) is 5.92 Å². The van der Waals surface area contributed by atoms with Crippen LogP contribution in [0.15, 0.2) is 43.0 Å². The number of nitrogens with zero attached hydrogens (tertiary/aromatic N) is 4. The van der Waals surface area contributed by atoms with Crippen molar-refractivity contribution in [1.82, 2.24) is 25.0 Å². The largest absolute Gasteiger partial charge is 0.349 e. The molecular formula is C26H29FN6O2. The lowest BCUT2D eigenvalue weighted by Gasteiger charge is -2.28. The Bertz CT molecular complexity index is 1270. The molecule has 3 aromatic rings. The Morgan fingerprint density at radius 3 is 2.69 bits per heavy atom. The van der Waals surface area contributed by atoms with E-state index in [1.54, 1.807) is 30.2 Å². The van der Waals surface area contributed by atoms with E-state index in [1.807, 2.05) is 19.3 Å². The van der Waals surface area contributed by atoms with Crippen LogP contribution in [0.5, 0.6) is 0 Å². The summed E-state index contributed by atoms with van der Waals surface area (Å²) in [6, 6.07) is 4.90. The molecule has 1 aliphatic carbocycles. The molecule has 1 unspecified atom stereocenters. The Morgan fingerprint density at radius 2 is 1.91 bits per heavy atom. The topological polar surface area (TPSA) is 92.2 Å². The number of carbonyl (C=O) groups excluding carboxylic acids is 2. The molecule has 0 radical (unpaired) electrons. The zero-order valence-electron chi connectivity index (χ0n) is 19.9. The van der Waals surface area contributed by atoms with Crippen molar-refractivity contribution in [3.63, 3.8) is 0 Å². The second-order valence-electron chi connectivity index (χ2n) is 9.59. The second-order valence-corrected chi connectivity index (χ2v) is 9.59. The molecule has 1 saturated carbocycles. The highest BCUT2D eigenvalue weighted by Gasteiger charge is 2.26. The summed E-state index contributed by atoms with van der Waals surface area (Å²) in [5, 5.41) is 10.3. The van der Waals surface area contributed by atoms with Gasteiger partial charge in [-0.2, -0.15) is 5.10 Å². The molecule has 1 atom stereocenters. The van der Waals surface area contributed by atoms with Gasteiger partial charge in [0.25, 0.3) is 5.91 Å². The standard InChI is InChI=1S/C26H29FN6O2/c1-16-8-23(27)22(26(35)30-20-5-6-20)10-24(16)33-15-19(12-29-33)18-9-21(13-28-11-18)31-25(34)17-4-3-7-32(2)14-17/h8-13,15,17,20H,3-7,14H2,1-2H3,(H,30,35)(H,31,34). The smallest absolute Gasteiger partial charge is 0.254 e. The number of benzene rings is 1. The van der Waals surface area contributed by atoms with Crippen LogP contribution in [0, 0.1) is 18.7 Å². The molecule has 1 aromatic carbocycles. The number of aromatic nitrogens is 3. The van der Waals surface area contributed by atoms with Gasteiger partial charge in [0.15, 0.2) is 0 Å². The fourth-order valence-electron chi connectivity index (χ4n) is 4.47. The molecule has 1 aliphatic heterocycles. The fraction of sp³-hybridized carbons (Fsp3) is 0.385. The van der Waals surface area contributed by atoms with Crippen LogP contribution in [0.25, 0.3) is 16.8 Å². The molecule has 182 valence electrons. The Kier molecular flexibility index (Phi) is 6.34. The summed E-state index contributed by atoms with van der Waals surface area (Å²) in [6.45, 7) is 3.55. The molecule has 35 heavy (non-hydrogen) atoms. The molecule has 2 N–H and O–H groups in total. The summed E-state index contributed by atoms with van der Waals surface area (Å²) in [5.74, 6) is -0.984. The van der Waals surface area contributed by atoms with Gasteiger partial charge in [-0.05, 0) is 70.0 Å². The van der Waals surface area contributed by atoms with Crippen LogP contribution in [0.2, 0.25) is 0 Å². The van der Waals surface area contributed by atoms with Gasteiger partial charge >= 0.3 is 0 Å². The lowest BCUT2D eigenvalue weighted by Crippen LogP contribution is -2.38. The van der Waals surface area contributed by atoms with Gasteiger partial charge in [-0.15, -0.1) is 0 Å². The molecule has 1 saturated heterocycles. The highest BCUT2D eigenvalue weighted by Crippen LogP contribution is 2.26. The molecule has 0 spiro atoms. The maximum absolute atomic E-state index is 14.5. The van der Waals surface area contributed by atoms with E-state index in [9.17, 15) is 14.0 Å². The summed E-state index contributed by atoms with van der Waals surface area (Å²) in [6.07, 6.45) is 10.6. The zero-order chi connectivity index (χ0) is 24.5. The van der Waals surface area contributed by atoms with Gasteiger partial charge in [-0.1, -0.05) is 0 Å². The normalized spacial score (nSPS) is 18.3. The number of carbonyl (C=O) groups is 2. The summed E-state index contributed by atoms with van der Waals surface area (Å²) < 4.78 is 16.1. The number of piperidine rings is 1. The average Bonchev–Trinajstić information content (AvgIpc) is 3.51. The number of rotatable bonds is 6. The maximum atomic E-state index is 14.5. The lowest BCUT2D eigenvalue weighted by molar-refractivity contribution is -0.121. The number of likely N-dealkylation sites (tertiary alicyclic amines) is 1. The van der Waals surface area contributed by atoms with Crippen LogP contribution in [-0.4, -0.2) is 57.7 Å². The first-order valence-electron chi connectivity index (χ1n) is 12.0. The third kappa shape index (κ3) is 5.24. The Balaban J connectivity index is 1.35. The highest BCUT2D eigenvalue weighted by molar-refractivity contribution is 5.95. The van der Waals surface area contributed by atoms with Crippen molar-refractivity contribution in [1.29, 1.82) is 0 Å². The maximum Gasteiger partial charge on any atom is 0.254 e. The van der Waals surface area contributed by atoms with E-state index < -0.39 is 11.7 Å². The monoisotopic (exact) mass is 476 g/mol. The third-order valence-corrected chi connectivity index (χ3v) is 6.61. The SMILES string of the molecule is Cc1cc(F)c(C(=O)NC2CC2)cc1-n1cc(-c2cncc(NC(=O)C3CCCN(C)C3)c2)cn1. The number of halogens is 1. The quantitative estimate of drug-likeness (QED) is 0.568. The average molecular weight is 477 g/mol. The van der Waals surface area contributed by atoms with Crippen molar-refractivity contribution in [3.8, 4) is 16.8 Å². The summed E-state index contributed by atoms with van der Waals surface area (Å²) in [7, 11) is 2.03. The number of nitrogens with one attached hydrogen (secondary N) is 2. The predicted octanol–water partition coefficient (Wildman–Crippen LogP) is 3.55. The van der Waals surface area contributed by atoms with Gasteiger partial charge < -0.3 is 15.5 Å². The van der Waals surface area contributed by atoms with Crippen LogP contribution in [0.4, 0.5) is 10.1 Å². The summed E-state index contributed by atoms with van der Waals surface area (Å²) in [5.41, 5.74) is 3.51. The minimum atomic E-state index is -0.548. The minimum absolute atomic E-state index is 0.00476. The minimum Gasteiger partial charge on any atom is -0.349 e. The molecule has 9 heteroatoms. The van der Waals surface area contributed by atoms with E-state index >= 15 is 0 Å². The van der Waals surface area contributed by atoms with Crippen LogP contribution in [-0.2, 0) is 4.79 Å². The van der Waals surface area contributed by atoms with E-state index in [0.29, 0.717) is 16.9 Å². The summed E-state index contributed by atoms with van der Waals surface area (Å²) >= 11 is 0. The Labute approximate surface area is 203 Å². The van der Waals surface area contributed by atoms with Gasteiger partial charge in [-0.25, -0.2) is 9.07 Å².